The molecule has 1 amide bonds. The number of piperidine rings is 1. The van der Waals surface area contributed by atoms with Crippen LogP contribution >= 0.6 is 0 Å². The number of hydrogen-bond donors (Lipinski definition) is 1. The van der Waals surface area contributed by atoms with Gasteiger partial charge in [-0.25, -0.2) is 0 Å². The lowest BCUT2D eigenvalue weighted by atomic mass is 9.95. The second kappa shape index (κ2) is 7.74. The second-order valence-electron chi connectivity index (χ2n) is 5.57. The third-order valence-corrected chi connectivity index (χ3v) is 3.85. The predicted octanol–water partition coefficient (Wildman–Crippen LogP) is 1.63. The molecule has 106 valence electrons. The highest BCUT2D eigenvalue weighted by molar-refractivity contribution is 5.78. The molecule has 0 radical (unpaired) electrons. The second-order valence-corrected chi connectivity index (χ2v) is 5.57. The van der Waals surface area contributed by atoms with E-state index in [9.17, 15) is 4.79 Å². The molecule has 0 bridgehead atoms. The number of amides is 1. The Morgan fingerprint density at radius 2 is 1.94 bits per heavy atom. The van der Waals surface area contributed by atoms with Crippen LogP contribution in [0.15, 0.2) is 0 Å². The standard InChI is InChI=1S/C14H28N2O2/c1-11(2)12(3)14(17)16-8-5-13(6-9-16)18-10-4-7-15/h11-13H,4-10,15H2,1-3H3. The maximum Gasteiger partial charge on any atom is 0.225 e. The summed E-state index contributed by atoms with van der Waals surface area (Å²) in [5.41, 5.74) is 5.43. The van der Waals surface area contributed by atoms with Gasteiger partial charge in [0, 0.05) is 25.6 Å². The molecule has 18 heavy (non-hydrogen) atoms. The van der Waals surface area contributed by atoms with E-state index in [4.69, 9.17) is 10.5 Å². The van der Waals surface area contributed by atoms with E-state index < -0.39 is 0 Å². The van der Waals surface area contributed by atoms with Crippen molar-refractivity contribution >= 4 is 5.91 Å². The zero-order valence-corrected chi connectivity index (χ0v) is 12.0. The summed E-state index contributed by atoms with van der Waals surface area (Å²) in [6.07, 6.45) is 3.15. The molecule has 0 aromatic heterocycles. The molecular weight excluding hydrogens is 228 g/mol. The van der Waals surface area contributed by atoms with Crippen LogP contribution in [0.25, 0.3) is 0 Å². The van der Waals surface area contributed by atoms with Gasteiger partial charge in [-0.05, 0) is 31.7 Å². The molecule has 1 saturated heterocycles. The summed E-state index contributed by atoms with van der Waals surface area (Å²) in [6.45, 7) is 9.33. The molecule has 0 aromatic carbocycles. The Morgan fingerprint density at radius 1 is 1.33 bits per heavy atom. The van der Waals surface area contributed by atoms with Gasteiger partial charge in [-0.15, -0.1) is 0 Å². The molecule has 0 spiro atoms. The highest BCUT2D eigenvalue weighted by Crippen LogP contribution is 2.19. The van der Waals surface area contributed by atoms with Crippen LogP contribution in [0.1, 0.15) is 40.0 Å². The first kappa shape index (κ1) is 15.4. The molecule has 1 unspecified atom stereocenters. The average molecular weight is 256 g/mol. The largest absolute Gasteiger partial charge is 0.378 e. The van der Waals surface area contributed by atoms with Crippen LogP contribution in [0.4, 0.5) is 0 Å². The quantitative estimate of drug-likeness (QED) is 0.735. The van der Waals surface area contributed by atoms with Crippen molar-refractivity contribution in [1.82, 2.24) is 4.90 Å². The van der Waals surface area contributed by atoms with Gasteiger partial charge >= 0.3 is 0 Å². The zero-order valence-electron chi connectivity index (χ0n) is 12.0. The van der Waals surface area contributed by atoms with Gasteiger partial charge in [0.25, 0.3) is 0 Å². The van der Waals surface area contributed by atoms with Gasteiger partial charge in [0.15, 0.2) is 0 Å². The number of carbonyl (C=O) groups excluding carboxylic acids is 1. The predicted molar refractivity (Wildman–Crippen MR) is 73.2 cm³/mol. The molecule has 1 aliphatic rings. The van der Waals surface area contributed by atoms with Crippen molar-refractivity contribution in [3.05, 3.63) is 0 Å². The molecule has 4 nitrogen and oxygen atoms in total. The lowest BCUT2D eigenvalue weighted by Crippen LogP contribution is -2.44. The van der Waals surface area contributed by atoms with Gasteiger partial charge in [-0.1, -0.05) is 20.8 Å². The zero-order chi connectivity index (χ0) is 13.5. The summed E-state index contributed by atoms with van der Waals surface area (Å²) in [6, 6.07) is 0. The summed E-state index contributed by atoms with van der Waals surface area (Å²) in [4.78, 5) is 14.2. The topological polar surface area (TPSA) is 55.6 Å². The summed E-state index contributed by atoms with van der Waals surface area (Å²) in [5, 5.41) is 0. The fraction of sp³-hybridized carbons (Fsp3) is 0.929. The van der Waals surface area contributed by atoms with Gasteiger partial charge in [0.2, 0.25) is 5.91 Å². The summed E-state index contributed by atoms with van der Waals surface area (Å²) in [5.74, 6) is 0.834. The van der Waals surface area contributed by atoms with Crippen molar-refractivity contribution in [1.29, 1.82) is 0 Å². The third kappa shape index (κ3) is 4.58. The van der Waals surface area contributed by atoms with E-state index in [0.717, 1.165) is 39.0 Å². The molecule has 1 fully saturated rings. The van der Waals surface area contributed by atoms with E-state index in [-0.39, 0.29) is 5.92 Å². The molecule has 0 aromatic rings. The molecule has 1 rings (SSSR count). The average Bonchev–Trinajstić information content (AvgIpc) is 2.38. The Hall–Kier alpha value is -0.610. The SMILES string of the molecule is CC(C)C(C)C(=O)N1CCC(OCCCN)CC1. The van der Waals surface area contributed by atoms with Crippen LogP contribution < -0.4 is 5.73 Å². The first-order chi connectivity index (χ1) is 8.56. The summed E-state index contributed by atoms with van der Waals surface area (Å²) < 4.78 is 5.74. The highest BCUT2D eigenvalue weighted by Gasteiger charge is 2.27. The molecule has 1 aliphatic heterocycles. The van der Waals surface area contributed by atoms with E-state index in [1.807, 2.05) is 11.8 Å². The number of likely N-dealkylation sites (tertiary alicyclic amines) is 1. The van der Waals surface area contributed by atoms with Gasteiger partial charge < -0.3 is 15.4 Å². The van der Waals surface area contributed by atoms with E-state index in [1.165, 1.54) is 0 Å². The molecule has 2 N–H and O–H groups in total. The van der Waals surface area contributed by atoms with Crippen LogP contribution in [-0.4, -0.2) is 43.2 Å². The molecule has 1 heterocycles. The van der Waals surface area contributed by atoms with Crippen LogP contribution in [0.2, 0.25) is 0 Å². The van der Waals surface area contributed by atoms with E-state index >= 15 is 0 Å². The first-order valence-corrected chi connectivity index (χ1v) is 7.16. The molecule has 4 heteroatoms. The van der Waals surface area contributed by atoms with Crippen LogP contribution in [0, 0.1) is 11.8 Å². The lowest BCUT2D eigenvalue weighted by Gasteiger charge is -2.34. The molecule has 0 aliphatic carbocycles. The normalized spacial score (nSPS) is 19.3. The number of nitrogens with zero attached hydrogens (tertiary/aromatic N) is 1. The van der Waals surface area contributed by atoms with Gasteiger partial charge in [-0.2, -0.15) is 0 Å². The van der Waals surface area contributed by atoms with Gasteiger partial charge in [-0.3, -0.25) is 4.79 Å². The minimum Gasteiger partial charge on any atom is -0.378 e. The number of carbonyl (C=O) groups is 1. The summed E-state index contributed by atoms with van der Waals surface area (Å²) in [7, 11) is 0. The van der Waals surface area contributed by atoms with Gasteiger partial charge in [0.1, 0.15) is 0 Å². The van der Waals surface area contributed by atoms with Crippen molar-refractivity contribution < 1.29 is 9.53 Å². The van der Waals surface area contributed by atoms with Crippen molar-refractivity contribution in [3.8, 4) is 0 Å². The monoisotopic (exact) mass is 256 g/mol. The van der Waals surface area contributed by atoms with Crippen molar-refractivity contribution in [2.45, 2.75) is 46.1 Å². The number of ether oxygens (including phenoxy) is 1. The first-order valence-electron chi connectivity index (χ1n) is 7.16. The lowest BCUT2D eigenvalue weighted by molar-refractivity contribution is -0.139. The van der Waals surface area contributed by atoms with Gasteiger partial charge in [0.05, 0.1) is 6.10 Å². The third-order valence-electron chi connectivity index (χ3n) is 3.85. The Kier molecular flexibility index (Phi) is 6.65. The smallest absolute Gasteiger partial charge is 0.225 e. The molecular formula is C14H28N2O2. The maximum atomic E-state index is 12.2. The maximum absolute atomic E-state index is 12.2. The summed E-state index contributed by atoms with van der Waals surface area (Å²) >= 11 is 0. The van der Waals surface area contributed by atoms with Crippen LogP contribution in [0.5, 0.6) is 0 Å². The minimum absolute atomic E-state index is 0.125. The Balaban J connectivity index is 2.28. The molecule has 1 atom stereocenters. The van der Waals surface area contributed by atoms with Crippen molar-refractivity contribution in [3.63, 3.8) is 0 Å². The Morgan fingerprint density at radius 3 is 2.44 bits per heavy atom. The Labute approximate surface area is 111 Å². The highest BCUT2D eigenvalue weighted by atomic mass is 16.5. The van der Waals surface area contributed by atoms with Crippen LogP contribution in [-0.2, 0) is 9.53 Å². The van der Waals surface area contributed by atoms with E-state index in [2.05, 4.69) is 13.8 Å². The van der Waals surface area contributed by atoms with Crippen molar-refractivity contribution in [2.75, 3.05) is 26.2 Å². The Bertz CT molecular complexity index is 248. The number of hydrogen-bond acceptors (Lipinski definition) is 3. The fourth-order valence-corrected chi connectivity index (χ4v) is 2.15. The van der Waals surface area contributed by atoms with E-state index in [0.29, 0.717) is 24.5 Å². The van der Waals surface area contributed by atoms with Crippen LogP contribution in [0.3, 0.4) is 0 Å². The number of rotatable bonds is 6. The fourth-order valence-electron chi connectivity index (χ4n) is 2.15. The molecule has 0 saturated carbocycles. The van der Waals surface area contributed by atoms with Crippen molar-refractivity contribution in [2.24, 2.45) is 17.6 Å². The minimum atomic E-state index is 0.125. The van der Waals surface area contributed by atoms with E-state index in [1.54, 1.807) is 0 Å². The number of nitrogens with two attached hydrogens (primary N) is 1.